The molecule has 0 heterocycles. The van der Waals surface area contributed by atoms with Crippen molar-refractivity contribution >= 4 is 12.4 Å². The second kappa shape index (κ2) is 5.72. The standard InChI is InChI=1S/C20H23N.ClH/c1-3-14(2)21-13-20-12-17(15-8-4-6-10-18(15)20)16-9-5-7-11-19(16)20;/h4-11,14,17,21H,3,12-13H2,1-2H3;1H. The number of hydrogen-bond donors (Lipinski definition) is 1. The molecule has 2 bridgehead atoms. The molecule has 0 saturated carbocycles. The summed E-state index contributed by atoms with van der Waals surface area (Å²) >= 11 is 0. The van der Waals surface area contributed by atoms with Crippen LogP contribution in [0.1, 0.15) is 54.9 Å². The summed E-state index contributed by atoms with van der Waals surface area (Å²) in [6.07, 6.45) is 2.43. The van der Waals surface area contributed by atoms with E-state index in [4.69, 9.17) is 0 Å². The Hall–Kier alpha value is -1.31. The van der Waals surface area contributed by atoms with Gasteiger partial charge in [-0.1, -0.05) is 55.5 Å². The number of benzene rings is 2. The molecule has 2 heteroatoms. The third-order valence-corrected chi connectivity index (χ3v) is 5.62. The molecule has 1 N–H and O–H groups in total. The first kappa shape index (κ1) is 15.6. The van der Waals surface area contributed by atoms with Crippen LogP contribution in [0.25, 0.3) is 0 Å². The van der Waals surface area contributed by atoms with Crippen molar-refractivity contribution in [2.75, 3.05) is 6.54 Å². The number of fused-ring (bicyclic) bond motifs is 8. The van der Waals surface area contributed by atoms with E-state index in [9.17, 15) is 0 Å². The van der Waals surface area contributed by atoms with E-state index in [2.05, 4.69) is 67.7 Å². The normalized spacial score (nSPS) is 25.3. The van der Waals surface area contributed by atoms with Gasteiger partial charge in [0.15, 0.2) is 0 Å². The van der Waals surface area contributed by atoms with E-state index in [1.54, 1.807) is 22.3 Å². The topological polar surface area (TPSA) is 12.0 Å². The van der Waals surface area contributed by atoms with Crippen molar-refractivity contribution in [3.63, 3.8) is 0 Å². The quantitative estimate of drug-likeness (QED) is 0.867. The van der Waals surface area contributed by atoms with Crippen LogP contribution in [0.5, 0.6) is 0 Å². The fourth-order valence-corrected chi connectivity index (χ4v) is 4.33. The second-order valence-electron chi connectivity index (χ2n) is 6.70. The monoisotopic (exact) mass is 313 g/mol. The van der Waals surface area contributed by atoms with Crippen molar-refractivity contribution in [3.8, 4) is 0 Å². The van der Waals surface area contributed by atoms with Gasteiger partial charge in [-0.2, -0.15) is 0 Å². The largest absolute Gasteiger partial charge is 0.313 e. The molecule has 1 nitrogen and oxygen atoms in total. The summed E-state index contributed by atoms with van der Waals surface area (Å²) in [6.45, 7) is 5.60. The average Bonchev–Trinajstić information content (AvgIpc) is 3.06. The van der Waals surface area contributed by atoms with E-state index in [-0.39, 0.29) is 17.8 Å². The molecule has 2 aliphatic carbocycles. The van der Waals surface area contributed by atoms with Crippen molar-refractivity contribution in [2.45, 2.75) is 44.1 Å². The van der Waals surface area contributed by atoms with Gasteiger partial charge in [-0.25, -0.2) is 0 Å². The summed E-state index contributed by atoms with van der Waals surface area (Å²) in [5.74, 6) is 0.608. The lowest BCUT2D eigenvalue weighted by atomic mass is 9.75. The first-order valence-electron chi connectivity index (χ1n) is 8.18. The Morgan fingerprint density at radius 2 is 1.59 bits per heavy atom. The number of halogens is 1. The molecule has 2 aliphatic rings. The Kier molecular flexibility index (Phi) is 4.05. The zero-order chi connectivity index (χ0) is 14.4. The van der Waals surface area contributed by atoms with Crippen LogP contribution in [-0.4, -0.2) is 12.6 Å². The molecule has 0 aromatic heterocycles. The van der Waals surface area contributed by atoms with E-state index < -0.39 is 0 Å². The minimum atomic E-state index is 0. The van der Waals surface area contributed by atoms with Crippen LogP contribution in [0.4, 0.5) is 0 Å². The highest BCUT2D eigenvalue weighted by molar-refractivity contribution is 5.85. The van der Waals surface area contributed by atoms with Crippen LogP contribution >= 0.6 is 12.4 Å². The van der Waals surface area contributed by atoms with Crippen molar-refractivity contribution in [3.05, 3.63) is 70.8 Å². The van der Waals surface area contributed by atoms with Crippen LogP contribution in [0.2, 0.25) is 0 Å². The van der Waals surface area contributed by atoms with E-state index >= 15 is 0 Å². The van der Waals surface area contributed by atoms with Crippen molar-refractivity contribution in [1.29, 1.82) is 0 Å². The third-order valence-electron chi connectivity index (χ3n) is 5.62. The number of hydrogen-bond acceptors (Lipinski definition) is 1. The summed E-state index contributed by atoms with van der Waals surface area (Å²) < 4.78 is 0. The van der Waals surface area contributed by atoms with Crippen LogP contribution in [-0.2, 0) is 5.41 Å². The zero-order valence-corrected chi connectivity index (χ0v) is 14.1. The van der Waals surface area contributed by atoms with E-state index in [1.807, 2.05) is 0 Å². The molecule has 0 amide bonds. The molecule has 0 spiro atoms. The SMILES string of the molecule is CCC(C)NCC12CC(c3ccccc31)c1ccccc12.Cl. The Morgan fingerprint density at radius 3 is 2.14 bits per heavy atom. The lowest BCUT2D eigenvalue weighted by molar-refractivity contribution is 0.430. The first-order valence-corrected chi connectivity index (χ1v) is 8.18. The molecule has 1 atom stereocenters. The molecule has 0 fully saturated rings. The van der Waals surface area contributed by atoms with Crippen LogP contribution in [0.3, 0.4) is 0 Å². The summed E-state index contributed by atoms with van der Waals surface area (Å²) in [4.78, 5) is 0. The summed E-state index contributed by atoms with van der Waals surface area (Å²) in [6, 6.07) is 18.7. The highest BCUT2D eigenvalue weighted by atomic mass is 35.5. The molecule has 116 valence electrons. The predicted molar refractivity (Wildman–Crippen MR) is 95.1 cm³/mol. The molecule has 4 rings (SSSR count). The number of rotatable bonds is 4. The Morgan fingerprint density at radius 1 is 1.05 bits per heavy atom. The molecule has 0 saturated heterocycles. The van der Waals surface area contributed by atoms with Gasteiger partial charge in [0.25, 0.3) is 0 Å². The molecular formula is C20H24ClN. The van der Waals surface area contributed by atoms with E-state index in [1.165, 1.54) is 12.8 Å². The van der Waals surface area contributed by atoms with Crippen LogP contribution in [0.15, 0.2) is 48.5 Å². The molecule has 0 radical (unpaired) electrons. The fourth-order valence-electron chi connectivity index (χ4n) is 4.33. The minimum absolute atomic E-state index is 0. The highest BCUT2D eigenvalue weighted by Gasteiger charge is 2.52. The Balaban J connectivity index is 0.00000144. The van der Waals surface area contributed by atoms with Gasteiger partial charge in [-0.15, -0.1) is 12.4 Å². The Labute approximate surface area is 139 Å². The maximum Gasteiger partial charge on any atom is 0.0342 e. The van der Waals surface area contributed by atoms with Gasteiger partial charge in [0, 0.05) is 23.9 Å². The first-order chi connectivity index (χ1) is 10.3. The average molecular weight is 314 g/mol. The van der Waals surface area contributed by atoms with Crippen LogP contribution < -0.4 is 5.32 Å². The van der Waals surface area contributed by atoms with Crippen molar-refractivity contribution < 1.29 is 0 Å². The number of nitrogens with one attached hydrogen (secondary N) is 1. The smallest absolute Gasteiger partial charge is 0.0342 e. The maximum absolute atomic E-state index is 3.77. The minimum Gasteiger partial charge on any atom is -0.313 e. The van der Waals surface area contributed by atoms with Gasteiger partial charge in [0.05, 0.1) is 0 Å². The molecule has 2 aromatic carbocycles. The molecule has 2 aromatic rings. The lowest BCUT2D eigenvalue weighted by Crippen LogP contribution is -2.40. The molecule has 0 aliphatic heterocycles. The van der Waals surface area contributed by atoms with E-state index in [0.717, 1.165) is 6.54 Å². The fraction of sp³-hybridized carbons (Fsp3) is 0.400. The lowest BCUT2D eigenvalue weighted by Gasteiger charge is -2.32. The van der Waals surface area contributed by atoms with Gasteiger partial charge >= 0.3 is 0 Å². The third kappa shape index (κ3) is 2.03. The summed E-state index contributed by atoms with van der Waals surface area (Å²) in [7, 11) is 0. The summed E-state index contributed by atoms with van der Waals surface area (Å²) in [5.41, 5.74) is 6.43. The van der Waals surface area contributed by atoms with Gasteiger partial charge in [0.1, 0.15) is 0 Å². The van der Waals surface area contributed by atoms with Gasteiger partial charge in [-0.3, -0.25) is 0 Å². The van der Waals surface area contributed by atoms with Crippen molar-refractivity contribution in [2.24, 2.45) is 0 Å². The van der Waals surface area contributed by atoms with E-state index in [0.29, 0.717) is 12.0 Å². The predicted octanol–water partition coefficient (Wildman–Crippen LogP) is 4.63. The van der Waals surface area contributed by atoms with Crippen molar-refractivity contribution in [1.82, 2.24) is 5.32 Å². The second-order valence-corrected chi connectivity index (χ2v) is 6.70. The Bertz CT molecular complexity index is 631. The highest BCUT2D eigenvalue weighted by Crippen LogP contribution is 2.59. The summed E-state index contributed by atoms with van der Waals surface area (Å²) in [5, 5.41) is 3.77. The van der Waals surface area contributed by atoms with Gasteiger partial charge < -0.3 is 5.32 Å². The maximum atomic E-state index is 3.77. The molecule has 22 heavy (non-hydrogen) atoms. The van der Waals surface area contributed by atoms with Crippen LogP contribution in [0, 0.1) is 0 Å². The van der Waals surface area contributed by atoms with Gasteiger partial charge in [0.2, 0.25) is 0 Å². The molecule has 1 unspecified atom stereocenters. The van der Waals surface area contributed by atoms with Gasteiger partial charge in [-0.05, 0) is 42.0 Å². The zero-order valence-electron chi connectivity index (χ0n) is 13.3. The molecular weight excluding hydrogens is 290 g/mol.